The highest BCUT2D eigenvalue weighted by molar-refractivity contribution is 7.98. The Morgan fingerprint density at radius 3 is 3.17 bits per heavy atom. The molecule has 1 unspecified atom stereocenters. The molecule has 1 aromatic heterocycles. The Morgan fingerprint density at radius 1 is 1.50 bits per heavy atom. The fraction of sp³-hybridized carbons (Fsp3) is 0.615. The Morgan fingerprint density at radius 2 is 2.39 bits per heavy atom. The highest BCUT2D eigenvalue weighted by atomic mass is 32.2. The maximum absolute atomic E-state index is 12.4. The maximum Gasteiger partial charge on any atom is 0.263 e. The van der Waals surface area contributed by atoms with Gasteiger partial charge >= 0.3 is 0 Å². The lowest BCUT2D eigenvalue weighted by Crippen LogP contribution is -2.45. The van der Waals surface area contributed by atoms with Gasteiger partial charge < -0.3 is 10.6 Å². The summed E-state index contributed by atoms with van der Waals surface area (Å²) in [6, 6.07) is 2.27. The van der Waals surface area contributed by atoms with Gasteiger partial charge in [0.2, 0.25) is 0 Å². The van der Waals surface area contributed by atoms with Crippen molar-refractivity contribution in [3.8, 4) is 0 Å². The number of nitrogens with zero attached hydrogens (tertiary/aromatic N) is 1. The lowest BCUT2D eigenvalue weighted by molar-refractivity contribution is 0.0713. The molecule has 3 nitrogen and oxygen atoms in total. The minimum absolute atomic E-state index is 0.160. The van der Waals surface area contributed by atoms with Crippen molar-refractivity contribution in [3.63, 3.8) is 0 Å². The Balaban J connectivity index is 1.77. The van der Waals surface area contributed by atoms with E-state index in [4.69, 9.17) is 5.73 Å². The van der Waals surface area contributed by atoms with Gasteiger partial charge in [0.1, 0.15) is 0 Å². The third kappa shape index (κ3) is 2.44. The quantitative estimate of drug-likeness (QED) is 0.858. The van der Waals surface area contributed by atoms with Crippen molar-refractivity contribution in [1.29, 1.82) is 0 Å². The molecule has 2 N–H and O–H groups in total. The number of thioether (sulfide) groups is 1. The number of hydrogen-bond acceptors (Lipinski definition) is 4. The molecule has 0 bridgehead atoms. The summed E-state index contributed by atoms with van der Waals surface area (Å²) in [5.74, 6) is 2.45. The molecule has 0 aliphatic carbocycles. The monoisotopic (exact) mass is 282 g/mol. The predicted octanol–water partition coefficient (Wildman–Crippen LogP) is 2.10. The van der Waals surface area contributed by atoms with Gasteiger partial charge in [-0.05, 0) is 36.6 Å². The van der Waals surface area contributed by atoms with E-state index in [-0.39, 0.29) is 11.9 Å². The van der Waals surface area contributed by atoms with Gasteiger partial charge in [0.05, 0.1) is 4.88 Å². The van der Waals surface area contributed by atoms with Gasteiger partial charge in [0.25, 0.3) is 5.91 Å². The van der Waals surface area contributed by atoms with Gasteiger partial charge in [-0.25, -0.2) is 0 Å². The van der Waals surface area contributed by atoms with Gasteiger partial charge in [-0.3, -0.25) is 4.79 Å². The summed E-state index contributed by atoms with van der Waals surface area (Å²) in [7, 11) is 0. The molecule has 0 spiro atoms. The second-order valence-electron chi connectivity index (χ2n) is 5.02. The van der Waals surface area contributed by atoms with Crippen LogP contribution < -0.4 is 5.73 Å². The number of hydrogen-bond donors (Lipinski definition) is 1. The van der Waals surface area contributed by atoms with Crippen LogP contribution in [0.4, 0.5) is 0 Å². The fourth-order valence-electron chi connectivity index (χ4n) is 2.60. The summed E-state index contributed by atoms with van der Waals surface area (Å²) >= 11 is 3.65. The van der Waals surface area contributed by atoms with Crippen LogP contribution in [0.25, 0.3) is 0 Å². The summed E-state index contributed by atoms with van der Waals surface area (Å²) in [5, 5.41) is 0. The zero-order valence-electron chi connectivity index (χ0n) is 10.4. The molecule has 1 atom stereocenters. The van der Waals surface area contributed by atoms with Crippen molar-refractivity contribution in [2.75, 3.05) is 18.8 Å². The molecule has 1 fully saturated rings. The molecule has 98 valence electrons. The van der Waals surface area contributed by atoms with Crippen molar-refractivity contribution < 1.29 is 4.79 Å². The van der Waals surface area contributed by atoms with E-state index in [0.29, 0.717) is 0 Å². The molecule has 3 rings (SSSR count). The summed E-state index contributed by atoms with van der Waals surface area (Å²) in [5.41, 5.74) is 7.32. The summed E-state index contributed by atoms with van der Waals surface area (Å²) < 4.78 is 0. The first kappa shape index (κ1) is 12.5. The van der Waals surface area contributed by atoms with E-state index in [1.54, 1.807) is 11.3 Å². The van der Waals surface area contributed by atoms with Crippen molar-refractivity contribution >= 4 is 29.0 Å². The Bertz CT molecular complexity index is 434. The zero-order chi connectivity index (χ0) is 12.5. The maximum atomic E-state index is 12.4. The SMILES string of the molecule is NC1CCCN(C(=O)c2cc3c(s2)CCSC3)C1. The smallest absolute Gasteiger partial charge is 0.263 e. The topological polar surface area (TPSA) is 46.3 Å². The Hall–Kier alpha value is -0.520. The molecular formula is C13H18N2OS2. The number of carbonyl (C=O) groups is 1. The number of fused-ring (bicyclic) bond motifs is 1. The predicted molar refractivity (Wildman–Crippen MR) is 77.3 cm³/mol. The molecule has 1 aromatic rings. The molecular weight excluding hydrogens is 264 g/mol. The molecule has 18 heavy (non-hydrogen) atoms. The van der Waals surface area contributed by atoms with Crippen molar-refractivity contribution in [1.82, 2.24) is 4.90 Å². The third-order valence-corrected chi connectivity index (χ3v) is 5.82. The minimum atomic E-state index is 0.160. The average molecular weight is 282 g/mol. The average Bonchev–Trinajstić information content (AvgIpc) is 2.81. The van der Waals surface area contributed by atoms with E-state index in [0.717, 1.165) is 43.0 Å². The number of likely N-dealkylation sites (tertiary alicyclic amines) is 1. The van der Waals surface area contributed by atoms with Gasteiger partial charge in [-0.2, -0.15) is 11.8 Å². The first-order valence-corrected chi connectivity index (χ1v) is 8.45. The van der Waals surface area contributed by atoms with Crippen LogP contribution in [0.15, 0.2) is 6.07 Å². The minimum Gasteiger partial charge on any atom is -0.336 e. The van der Waals surface area contributed by atoms with Crippen molar-refractivity contribution in [2.24, 2.45) is 5.73 Å². The molecule has 5 heteroatoms. The van der Waals surface area contributed by atoms with Crippen LogP contribution in [0.1, 0.15) is 33.0 Å². The van der Waals surface area contributed by atoms with Crippen LogP contribution in [0.3, 0.4) is 0 Å². The van der Waals surface area contributed by atoms with Crippen LogP contribution >= 0.6 is 23.1 Å². The first-order valence-electron chi connectivity index (χ1n) is 6.48. The summed E-state index contributed by atoms with van der Waals surface area (Å²) in [4.78, 5) is 16.7. The van der Waals surface area contributed by atoms with Crippen LogP contribution in [0.2, 0.25) is 0 Å². The number of rotatable bonds is 1. The second-order valence-corrected chi connectivity index (χ2v) is 7.26. The second kappa shape index (κ2) is 5.23. The molecule has 2 aliphatic rings. The lowest BCUT2D eigenvalue weighted by atomic mass is 10.1. The van der Waals surface area contributed by atoms with Gasteiger partial charge in [0.15, 0.2) is 0 Å². The molecule has 3 heterocycles. The number of thiophene rings is 1. The van der Waals surface area contributed by atoms with E-state index >= 15 is 0 Å². The van der Waals surface area contributed by atoms with Crippen LogP contribution in [0, 0.1) is 0 Å². The van der Waals surface area contributed by atoms with E-state index in [2.05, 4.69) is 6.07 Å². The number of carbonyl (C=O) groups excluding carboxylic acids is 1. The molecule has 1 saturated heterocycles. The standard InChI is InChI=1S/C13H18N2OS2/c14-10-2-1-4-15(7-10)13(16)12-6-9-8-17-5-3-11(9)18-12/h6,10H,1-5,7-8,14H2. The zero-order valence-corrected chi connectivity index (χ0v) is 12.0. The largest absolute Gasteiger partial charge is 0.336 e. The highest BCUT2D eigenvalue weighted by Crippen LogP contribution is 2.32. The van der Waals surface area contributed by atoms with E-state index in [9.17, 15) is 4.79 Å². The molecule has 1 amide bonds. The summed E-state index contributed by atoms with van der Waals surface area (Å²) in [6.45, 7) is 1.58. The molecule has 0 radical (unpaired) electrons. The van der Waals surface area contributed by atoms with Crippen LogP contribution in [0.5, 0.6) is 0 Å². The number of aryl methyl sites for hydroxylation is 1. The molecule has 0 saturated carbocycles. The third-order valence-electron chi connectivity index (χ3n) is 3.58. The van der Waals surface area contributed by atoms with Gasteiger partial charge in [-0.15, -0.1) is 11.3 Å². The highest BCUT2D eigenvalue weighted by Gasteiger charge is 2.25. The fourth-order valence-corrected chi connectivity index (χ4v) is 4.94. The van der Waals surface area contributed by atoms with Gasteiger partial charge in [0, 0.05) is 29.8 Å². The Kier molecular flexibility index (Phi) is 3.63. The molecule has 0 aromatic carbocycles. The first-order chi connectivity index (χ1) is 8.74. The van der Waals surface area contributed by atoms with Crippen LogP contribution in [-0.2, 0) is 12.2 Å². The Labute approximate surface area is 116 Å². The normalized spacial score (nSPS) is 23.8. The van der Waals surface area contributed by atoms with E-state index in [1.165, 1.54) is 16.2 Å². The molecule has 2 aliphatic heterocycles. The summed E-state index contributed by atoms with van der Waals surface area (Å²) in [6.07, 6.45) is 3.20. The van der Waals surface area contributed by atoms with Crippen LogP contribution in [-0.4, -0.2) is 35.7 Å². The number of amides is 1. The van der Waals surface area contributed by atoms with E-state index < -0.39 is 0 Å². The van der Waals surface area contributed by atoms with E-state index in [1.807, 2.05) is 16.7 Å². The van der Waals surface area contributed by atoms with Crippen molar-refractivity contribution in [3.05, 3.63) is 21.4 Å². The number of piperidine rings is 1. The number of nitrogens with two attached hydrogens (primary N) is 1. The van der Waals surface area contributed by atoms with Crippen molar-refractivity contribution in [2.45, 2.75) is 31.1 Å². The van der Waals surface area contributed by atoms with Gasteiger partial charge in [-0.1, -0.05) is 0 Å². The lowest BCUT2D eigenvalue weighted by Gasteiger charge is -2.30.